The number of rotatable bonds is 7. The smallest absolute Gasteiger partial charge is 0.248 e. The molecule has 0 aromatic heterocycles. The number of ether oxygens (including phenoxy) is 1. The van der Waals surface area contributed by atoms with Crippen LogP contribution in [-0.2, 0) is 20.9 Å². The molecule has 142 valence electrons. The van der Waals surface area contributed by atoms with Crippen LogP contribution >= 0.6 is 11.6 Å². The highest BCUT2D eigenvalue weighted by atomic mass is 35.5. The second-order valence-corrected chi connectivity index (χ2v) is 6.99. The van der Waals surface area contributed by atoms with Crippen LogP contribution in [0.5, 0.6) is 0 Å². The average molecular weight is 387 g/mol. The van der Waals surface area contributed by atoms with Gasteiger partial charge in [-0.1, -0.05) is 59.2 Å². The summed E-state index contributed by atoms with van der Waals surface area (Å²) in [6.45, 7) is 2.90. The molecule has 0 bridgehead atoms. The van der Waals surface area contributed by atoms with Crippen molar-refractivity contribution in [3.05, 3.63) is 70.2 Å². The molecular weight excluding hydrogens is 364 g/mol. The van der Waals surface area contributed by atoms with Crippen LogP contribution in [0.1, 0.15) is 23.1 Å². The second-order valence-electron chi connectivity index (χ2n) is 6.58. The average Bonchev–Trinajstić information content (AvgIpc) is 3.12. The van der Waals surface area contributed by atoms with E-state index in [4.69, 9.17) is 21.2 Å². The fourth-order valence-corrected chi connectivity index (χ4v) is 3.32. The third-order valence-corrected chi connectivity index (χ3v) is 4.92. The Balaban J connectivity index is 1.69. The van der Waals surface area contributed by atoms with E-state index in [0.717, 1.165) is 22.4 Å². The summed E-state index contributed by atoms with van der Waals surface area (Å²) in [6.07, 6.45) is 0.465. The molecule has 3 rings (SSSR count). The summed E-state index contributed by atoms with van der Waals surface area (Å²) in [4.78, 5) is 19.9. The van der Waals surface area contributed by atoms with Gasteiger partial charge in [-0.3, -0.25) is 4.79 Å². The van der Waals surface area contributed by atoms with Gasteiger partial charge in [-0.15, -0.1) is 0 Å². The Morgan fingerprint density at radius 2 is 2.00 bits per heavy atom. The number of hydrogen-bond donors (Lipinski definition) is 0. The van der Waals surface area contributed by atoms with E-state index in [1.165, 1.54) is 7.11 Å². The summed E-state index contributed by atoms with van der Waals surface area (Å²) in [6, 6.07) is 15.6. The molecular formula is C21H23ClN2O3. The van der Waals surface area contributed by atoms with E-state index in [1.807, 2.05) is 42.5 Å². The van der Waals surface area contributed by atoms with E-state index < -0.39 is 0 Å². The lowest BCUT2D eigenvalue weighted by atomic mass is 10.0. The van der Waals surface area contributed by atoms with Crippen molar-refractivity contribution >= 4 is 23.2 Å². The minimum Gasteiger partial charge on any atom is -0.390 e. The maximum Gasteiger partial charge on any atom is 0.248 e. The lowest BCUT2D eigenvalue weighted by Crippen LogP contribution is -2.39. The number of nitrogens with zero attached hydrogens (tertiary/aromatic N) is 2. The van der Waals surface area contributed by atoms with Crippen LogP contribution in [0.4, 0.5) is 0 Å². The standard InChI is InChI=1S/C21H23ClN2O3/c1-15-7-3-5-9-18(15)20-11-17(27-23-20)13-24(21(25)14-26-2)12-16-8-4-6-10-19(16)22/h3-10,17H,11-14H2,1-2H3. The van der Waals surface area contributed by atoms with Crippen LogP contribution in [0.25, 0.3) is 0 Å². The molecule has 2 aromatic carbocycles. The predicted octanol–water partition coefficient (Wildman–Crippen LogP) is 3.82. The lowest BCUT2D eigenvalue weighted by Gasteiger charge is -2.25. The number of methoxy groups -OCH3 is 1. The SMILES string of the molecule is COCC(=O)N(Cc1ccccc1Cl)CC1CC(c2ccccc2C)=NO1. The molecule has 6 heteroatoms. The largest absolute Gasteiger partial charge is 0.390 e. The summed E-state index contributed by atoms with van der Waals surface area (Å²) >= 11 is 6.26. The second kappa shape index (κ2) is 9.02. The van der Waals surface area contributed by atoms with Gasteiger partial charge >= 0.3 is 0 Å². The Labute approximate surface area is 164 Å². The number of carbonyl (C=O) groups is 1. The number of carbonyl (C=O) groups excluding carboxylic acids is 1. The van der Waals surface area contributed by atoms with Crippen LogP contribution in [0.15, 0.2) is 53.7 Å². The molecule has 0 spiro atoms. The number of aryl methyl sites for hydroxylation is 1. The van der Waals surface area contributed by atoms with Crippen LogP contribution in [0.2, 0.25) is 5.02 Å². The maximum atomic E-state index is 12.5. The van der Waals surface area contributed by atoms with Gasteiger partial charge in [0, 0.05) is 30.7 Å². The summed E-state index contributed by atoms with van der Waals surface area (Å²) in [7, 11) is 1.51. The molecule has 0 aliphatic carbocycles. The Hall–Kier alpha value is -2.37. The summed E-state index contributed by atoms with van der Waals surface area (Å²) in [5.74, 6) is -0.106. The molecule has 0 saturated heterocycles. The lowest BCUT2D eigenvalue weighted by molar-refractivity contribution is -0.137. The normalized spacial score (nSPS) is 16.0. The van der Waals surface area contributed by atoms with Gasteiger partial charge in [-0.25, -0.2) is 0 Å². The molecule has 0 fully saturated rings. The quantitative estimate of drug-likeness (QED) is 0.726. The van der Waals surface area contributed by atoms with Crippen molar-refractivity contribution in [1.82, 2.24) is 4.90 Å². The third kappa shape index (κ3) is 4.87. The van der Waals surface area contributed by atoms with Crippen molar-refractivity contribution in [2.24, 2.45) is 5.16 Å². The van der Waals surface area contributed by atoms with Crippen molar-refractivity contribution in [2.75, 3.05) is 20.3 Å². The molecule has 1 aliphatic rings. The Morgan fingerprint density at radius 1 is 1.26 bits per heavy atom. The zero-order valence-electron chi connectivity index (χ0n) is 15.5. The van der Waals surface area contributed by atoms with E-state index in [9.17, 15) is 4.79 Å². The molecule has 1 aliphatic heterocycles. The molecule has 0 saturated carbocycles. The van der Waals surface area contributed by atoms with Crippen LogP contribution in [0, 0.1) is 6.92 Å². The topological polar surface area (TPSA) is 51.1 Å². The van der Waals surface area contributed by atoms with Crippen LogP contribution in [-0.4, -0.2) is 42.9 Å². The highest BCUT2D eigenvalue weighted by Gasteiger charge is 2.27. The number of benzene rings is 2. The molecule has 0 N–H and O–H groups in total. The monoisotopic (exact) mass is 386 g/mol. The first-order valence-corrected chi connectivity index (χ1v) is 9.25. The first-order chi connectivity index (χ1) is 13.1. The predicted molar refractivity (Wildman–Crippen MR) is 106 cm³/mol. The first kappa shape index (κ1) is 19.4. The third-order valence-electron chi connectivity index (χ3n) is 4.55. The van der Waals surface area contributed by atoms with Gasteiger partial charge in [0.2, 0.25) is 5.91 Å². The van der Waals surface area contributed by atoms with Gasteiger partial charge in [0.05, 0.1) is 12.3 Å². The fraction of sp³-hybridized carbons (Fsp3) is 0.333. The van der Waals surface area contributed by atoms with Crippen molar-refractivity contribution in [2.45, 2.75) is 26.0 Å². The van der Waals surface area contributed by atoms with Crippen LogP contribution in [0.3, 0.4) is 0 Å². The van der Waals surface area contributed by atoms with Gasteiger partial charge in [0.1, 0.15) is 6.61 Å². The first-order valence-electron chi connectivity index (χ1n) is 8.87. The number of amides is 1. The van der Waals surface area contributed by atoms with E-state index >= 15 is 0 Å². The molecule has 1 heterocycles. The molecule has 5 nitrogen and oxygen atoms in total. The Bertz CT molecular complexity index is 838. The zero-order chi connectivity index (χ0) is 19.2. The summed E-state index contributed by atoms with van der Waals surface area (Å²) in [5.41, 5.74) is 4.04. The minimum absolute atomic E-state index is 0.0165. The zero-order valence-corrected chi connectivity index (χ0v) is 16.3. The van der Waals surface area contributed by atoms with Crippen molar-refractivity contribution < 1.29 is 14.4 Å². The van der Waals surface area contributed by atoms with Crippen LogP contribution < -0.4 is 0 Å². The molecule has 1 atom stereocenters. The van der Waals surface area contributed by atoms with Gasteiger partial charge in [-0.05, 0) is 24.1 Å². The van der Waals surface area contributed by atoms with Crippen molar-refractivity contribution in [3.63, 3.8) is 0 Å². The van der Waals surface area contributed by atoms with Gasteiger partial charge in [0.25, 0.3) is 0 Å². The van der Waals surface area contributed by atoms with E-state index in [-0.39, 0.29) is 18.6 Å². The minimum atomic E-state index is -0.192. The van der Waals surface area contributed by atoms with E-state index in [0.29, 0.717) is 24.5 Å². The summed E-state index contributed by atoms with van der Waals surface area (Å²) in [5, 5.41) is 4.89. The maximum absolute atomic E-state index is 12.5. The van der Waals surface area contributed by atoms with Gasteiger partial charge < -0.3 is 14.5 Å². The molecule has 0 radical (unpaired) electrons. The molecule has 1 unspecified atom stereocenters. The van der Waals surface area contributed by atoms with E-state index in [1.54, 1.807) is 4.90 Å². The van der Waals surface area contributed by atoms with E-state index in [2.05, 4.69) is 18.1 Å². The van der Waals surface area contributed by atoms with Crippen molar-refractivity contribution in [3.8, 4) is 0 Å². The molecule has 1 amide bonds. The molecule has 27 heavy (non-hydrogen) atoms. The molecule has 2 aromatic rings. The highest BCUT2D eigenvalue weighted by molar-refractivity contribution is 6.31. The number of hydrogen-bond acceptors (Lipinski definition) is 4. The van der Waals surface area contributed by atoms with Gasteiger partial charge in [0.15, 0.2) is 6.10 Å². The Kier molecular flexibility index (Phi) is 6.48. The summed E-state index contributed by atoms with van der Waals surface area (Å²) < 4.78 is 5.03. The highest BCUT2D eigenvalue weighted by Crippen LogP contribution is 2.22. The van der Waals surface area contributed by atoms with Crippen molar-refractivity contribution in [1.29, 1.82) is 0 Å². The number of halogens is 1. The Morgan fingerprint density at radius 3 is 2.74 bits per heavy atom. The number of oxime groups is 1. The van der Waals surface area contributed by atoms with Gasteiger partial charge in [-0.2, -0.15) is 0 Å². The fourth-order valence-electron chi connectivity index (χ4n) is 3.13.